The molecule has 0 N–H and O–H groups in total. The number of rotatable bonds is 6. The van der Waals surface area contributed by atoms with Crippen LogP contribution >= 0.6 is 0 Å². The van der Waals surface area contributed by atoms with Gasteiger partial charge in [-0.25, -0.2) is 4.39 Å². The van der Waals surface area contributed by atoms with Gasteiger partial charge in [-0.3, -0.25) is 19.6 Å². The molecule has 6 heteroatoms. The minimum absolute atomic E-state index is 0.232. The Kier molecular flexibility index (Phi) is 6.82. The smallest absolute Gasteiger partial charge is 0.324 e. The number of nitrogens with zero attached hydrogens (tertiary/aromatic N) is 3. The molecule has 3 rings (SSSR count). The predicted octanol–water partition coefficient (Wildman–Crippen LogP) is 2.15. The molecule has 0 radical (unpaired) electrons. The summed E-state index contributed by atoms with van der Waals surface area (Å²) in [5.41, 5.74) is 2.67. The largest absolute Gasteiger partial charge is 0.468 e. The number of piperazine rings is 1. The van der Waals surface area contributed by atoms with E-state index in [1.165, 1.54) is 13.3 Å². The van der Waals surface area contributed by atoms with E-state index in [9.17, 15) is 9.18 Å². The summed E-state index contributed by atoms with van der Waals surface area (Å²) in [5, 5.41) is 0. The summed E-state index contributed by atoms with van der Waals surface area (Å²) in [4.78, 5) is 20.7. The zero-order chi connectivity index (χ0) is 20.1. The van der Waals surface area contributed by atoms with Crippen molar-refractivity contribution >= 4 is 12.0 Å². The van der Waals surface area contributed by atoms with Crippen molar-refractivity contribution in [2.45, 2.75) is 32.2 Å². The maximum atomic E-state index is 14.5. The molecular weight excluding hydrogens is 357 g/mol. The second-order valence-corrected chi connectivity index (χ2v) is 7.61. The SMILES string of the molecule is C#CCN1CCN(CCCc2c(F)cnc3c2CC(C)C=C3)[C@@H](C(=O)OC)C1. The maximum absolute atomic E-state index is 14.5. The number of fused-ring (bicyclic) bond motifs is 1. The number of halogens is 1. The topological polar surface area (TPSA) is 45.7 Å². The lowest BCUT2D eigenvalue weighted by Crippen LogP contribution is -2.56. The molecule has 150 valence electrons. The average molecular weight is 385 g/mol. The fraction of sp³-hybridized carbons (Fsp3) is 0.545. The van der Waals surface area contributed by atoms with Crippen LogP contribution in [-0.2, 0) is 22.4 Å². The summed E-state index contributed by atoms with van der Waals surface area (Å²) in [6.45, 7) is 5.51. The van der Waals surface area contributed by atoms with Gasteiger partial charge in [0.15, 0.2) is 0 Å². The van der Waals surface area contributed by atoms with Gasteiger partial charge in [-0.1, -0.05) is 18.9 Å². The molecular formula is C22H28FN3O2. The Bertz CT molecular complexity index is 787. The molecule has 2 aliphatic rings. The first kappa shape index (κ1) is 20.5. The molecule has 1 aromatic heterocycles. The summed E-state index contributed by atoms with van der Waals surface area (Å²) in [6, 6.07) is -0.328. The molecule has 1 aliphatic heterocycles. The van der Waals surface area contributed by atoms with E-state index in [0.717, 1.165) is 42.8 Å². The quantitative estimate of drug-likeness (QED) is 0.555. The third-order valence-electron chi connectivity index (χ3n) is 5.62. The second kappa shape index (κ2) is 9.31. The Balaban J connectivity index is 1.65. The molecule has 0 spiro atoms. The molecule has 1 unspecified atom stereocenters. The minimum Gasteiger partial charge on any atom is -0.468 e. The van der Waals surface area contributed by atoms with Crippen molar-refractivity contribution in [2.24, 2.45) is 5.92 Å². The number of ether oxygens (including phenoxy) is 1. The van der Waals surface area contributed by atoms with Crippen LogP contribution in [0, 0.1) is 24.1 Å². The van der Waals surface area contributed by atoms with Gasteiger partial charge in [-0.05, 0) is 48.9 Å². The molecule has 0 aromatic carbocycles. The molecule has 2 atom stereocenters. The number of carbonyl (C=O) groups excluding carboxylic acids is 1. The van der Waals surface area contributed by atoms with Gasteiger partial charge in [0.2, 0.25) is 0 Å². The highest BCUT2D eigenvalue weighted by molar-refractivity contribution is 5.76. The van der Waals surface area contributed by atoms with Crippen molar-refractivity contribution in [3.05, 3.63) is 34.9 Å². The van der Waals surface area contributed by atoms with E-state index in [-0.39, 0.29) is 17.8 Å². The third kappa shape index (κ3) is 4.60. The zero-order valence-corrected chi connectivity index (χ0v) is 16.7. The number of esters is 1. The molecule has 0 saturated carbocycles. The van der Waals surface area contributed by atoms with Gasteiger partial charge in [-0.15, -0.1) is 6.42 Å². The Morgan fingerprint density at radius 1 is 1.46 bits per heavy atom. The van der Waals surface area contributed by atoms with Crippen molar-refractivity contribution < 1.29 is 13.9 Å². The van der Waals surface area contributed by atoms with Crippen molar-refractivity contribution in [2.75, 3.05) is 39.8 Å². The molecule has 1 aromatic rings. The van der Waals surface area contributed by atoms with Gasteiger partial charge in [-0.2, -0.15) is 0 Å². The van der Waals surface area contributed by atoms with E-state index in [1.54, 1.807) is 0 Å². The van der Waals surface area contributed by atoms with Crippen LogP contribution in [0.4, 0.5) is 4.39 Å². The molecule has 1 fully saturated rings. The van der Waals surface area contributed by atoms with Crippen LogP contribution in [0.1, 0.15) is 30.2 Å². The highest BCUT2D eigenvalue weighted by atomic mass is 19.1. The van der Waals surface area contributed by atoms with Gasteiger partial charge in [0, 0.05) is 19.6 Å². The first-order valence-corrected chi connectivity index (χ1v) is 9.85. The van der Waals surface area contributed by atoms with Crippen molar-refractivity contribution in [1.82, 2.24) is 14.8 Å². The van der Waals surface area contributed by atoms with E-state index >= 15 is 0 Å². The van der Waals surface area contributed by atoms with Crippen molar-refractivity contribution in [3.8, 4) is 12.3 Å². The van der Waals surface area contributed by atoms with Crippen LogP contribution < -0.4 is 0 Å². The van der Waals surface area contributed by atoms with E-state index < -0.39 is 0 Å². The lowest BCUT2D eigenvalue weighted by Gasteiger charge is -2.39. The fourth-order valence-corrected chi connectivity index (χ4v) is 4.10. The summed E-state index contributed by atoms with van der Waals surface area (Å²) >= 11 is 0. The van der Waals surface area contributed by atoms with Gasteiger partial charge in [0.05, 0.1) is 25.5 Å². The average Bonchev–Trinajstić information content (AvgIpc) is 2.70. The van der Waals surface area contributed by atoms with E-state index in [0.29, 0.717) is 32.0 Å². The molecule has 0 bridgehead atoms. The van der Waals surface area contributed by atoms with Crippen LogP contribution in [0.2, 0.25) is 0 Å². The van der Waals surface area contributed by atoms with Crippen LogP contribution in [0.15, 0.2) is 12.3 Å². The second-order valence-electron chi connectivity index (χ2n) is 7.61. The molecule has 1 saturated heterocycles. The number of methoxy groups -OCH3 is 1. The molecule has 2 heterocycles. The lowest BCUT2D eigenvalue weighted by atomic mass is 9.89. The Morgan fingerprint density at radius 2 is 2.29 bits per heavy atom. The normalized spacial score (nSPS) is 22.5. The number of terminal acetylenes is 1. The van der Waals surface area contributed by atoms with Gasteiger partial charge in [0.25, 0.3) is 0 Å². The first-order chi connectivity index (χ1) is 13.5. The minimum atomic E-state index is -0.328. The Labute approximate surface area is 166 Å². The zero-order valence-electron chi connectivity index (χ0n) is 16.7. The summed E-state index contributed by atoms with van der Waals surface area (Å²) in [7, 11) is 1.41. The molecule has 1 aliphatic carbocycles. The van der Waals surface area contributed by atoms with E-state index in [4.69, 9.17) is 11.2 Å². The van der Waals surface area contributed by atoms with Crippen LogP contribution in [0.5, 0.6) is 0 Å². The Hall–Kier alpha value is -2.23. The summed E-state index contributed by atoms with van der Waals surface area (Å²) in [6.07, 6.45) is 13.1. The van der Waals surface area contributed by atoms with Crippen molar-refractivity contribution in [3.63, 3.8) is 0 Å². The molecule has 0 amide bonds. The number of carbonyl (C=O) groups is 1. The number of allylic oxidation sites excluding steroid dienone is 1. The summed E-state index contributed by atoms with van der Waals surface area (Å²) < 4.78 is 19.4. The Morgan fingerprint density at radius 3 is 3.04 bits per heavy atom. The van der Waals surface area contributed by atoms with Gasteiger partial charge >= 0.3 is 5.97 Å². The number of hydrogen-bond donors (Lipinski definition) is 0. The molecule has 5 nitrogen and oxygen atoms in total. The maximum Gasteiger partial charge on any atom is 0.324 e. The van der Waals surface area contributed by atoms with Crippen LogP contribution in [0.25, 0.3) is 6.08 Å². The third-order valence-corrected chi connectivity index (χ3v) is 5.62. The highest BCUT2D eigenvalue weighted by Gasteiger charge is 2.32. The van der Waals surface area contributed by atoms with Crippen molar-refractivity contribution in [1.29, 1.82) is 0 Å². The molecule has 28 heavy (non-hydrogen) atoms. The van der Waals surface area contributed by atoms with E-state index in [2.05, 4.69) is 33.7 Å². The first-order valence-electron chi connectivity index (χ1n) is 9.85. The number of pyridine rings is 1. The van der Waals surface area contributed by atoms with Crippen LogP contribution in [0.3, 0.4) is 0 Å². The number of hydrogen-bond acceptors (Lipinski definition) is 5. The monoisotopic (exact) mass is 385 g/mol. The predicted molar refractivity (Wildman–Crippen MR) is 107 cm³/mol. The van der Waals surface area contributed by atoms with Gasteiger partial charge in [0.1, 0.15) is 11.9 Å². The standard InChI is InChI=1S/C22H28FN3O2/c1-4-9-25-11-12-26(21(15-25)22(27)28-3)10-5-6-17-18-13-16(2)7-8-20(18)24-14-19(17)23/h1,7-8,14,16,21H,5-6,9-13,15H2,2-3H3/t16?,21-/m1/s1. The van der Waals surface area contributed by atoms with Gasteiger partial charge < -0.3 is 4.74 Å². The number of aromatic nitrogens is 1. The summed E-state index contributed by atoms with van der Waals surface area (Å²) in [5.74, 6) is 2.55. The lowest BCUT2D eigenvalue weighted by molar-refractivity contribution is -0.149. The van der Waals surface area contributed by atoms with E-state index in [1.807, 2.05) is 6.08 Å². The highest BCUT2D eigenvalue weighted by Crippen LogP contribution is 2.27. The fourth-order valence-electron chi connectivity index (χ4n) is 4.10. The van der Waals surface area contributed by atoms with Crippen LogP contribution in [-0.4, -0.2) is 66.6 Å².